The molecule has 0 bridgehead atoms. The van der Waals surface area contributed by atoms with E-state index in [-0.39, 0.29) is 13.0 Å². The van der Waals surface area contributed by atoms with Gasteiger partial charge in [-0.05, 0) is 20.8 Å². The van der Waals surface area contributed by atoms with Crippen LogP contribution in [0.25, 0.3) is 0 Å². The molecular formula is C21H26O8. The first-order chi connectivity index (χ1) is 13.7. The standard InChI is InChI=1S/C21H26O8/c1-20(2,3)19(23)28-16-15-13(29-21(24-4)10-14(22)26-17(16)21)11-25-18(27-15)12-8-6-5-7-9-12/h5-9,13,15-18H,10-11H2,1-4H3/t13-,15-,16+,17+,18-,21+/m1/s1. The molecule has 158 valence electrons. The molecule has 3 fully saturated rings. The van der Waals surface area contributed by atoms with Gasteiger partial charge in [-0.3, -0.25) is 9.59 Å². The fourth-order valence-corrected chi connectivity index (χ4v) is 3.82. The lowest BCUT2D eigenvalue weighted by Gasteiger charge is -2.50. The van der Waals surface area contributed by atoms with Gasteiger partial charge in [-0.15, -0.1) is 0 Å². The Kier molecular flexibility index (Phi) is 5.14. The maximum atomic E-state index is 12.7. The quantitative estimate of drug-likeness (QED) is 0.705. The van der Waals surface area contributed by atoms with Crippen LogP contribution in [0.4, 0.5) is 0 Å². The van der Waals surface area contributed by atoms with Crippen LogP contribution < -0.4 is 0 Å². The molecule has 0 radical (unpaired) electrons. The third-order valence-corrected chi connectivity index (χ3v) is 5.39. The SMILES string of the molecule is CO[C@]12CC(=O)O[C@H]1[C@@H](OC(=O)C(C)(C)C)[C@@H]1O[C@H](c3ccccc3)OC[C@H]1O2. The molecular weight excluding hydrogens is 380 g/mol. The Hall–Kier alpha value is -2.00. The van der Waals surface area contributed by atoms with Crippen LogP contribution in [-0.2, 0) is 38.0 Å². The number of methoxy groups -OCH3 is 1. The van der Waals surface area contributed by atoms with E-state index in [4.69, 9.17) is 28.4 Å². The number of rotatable bonds is 3. The number of ether oxygens (including phenoxy) is 6. The van der Waals surface area contributed by atoms with Gasteiger partial charge < -0.3 is 28.4 Å². The van der Waals surface area contributed by atoms with Crippen molar-refractivity contribution in [2.75, 3.05) is 13.7 Å². The molecule has 0 spiro atoms. The molecule has 3 aliphatic rings. The Labute approximate surface area is 169 Å². The summed E-state index contributed by atoms with van der Waals surface area (Å²) in [6.45, 7) is 5.47. The lowest BCUT2D eigenvalue weighted by atomic mass is 9.90. The van der Waals surface area contributed by atoms with Crippen molar-refractivity contribution in [2.45, 2.75) is 63.7 Å². The predicted octanol–water partition coefficient (Wildman–Crippen LogP) is 2.12. The summed E-state index contributed by atoms with van der Waals surface area (Å²) in [5, 5.41) is 0. The van der Waals surface area contributed by atoms with Crippen molar-refractivity contribution in [3.8, 4) is 0 Å². The molecule has 0 amide bonds. The van der Waals surface area contributed by atoms with Crippen LogP contribution >= 0.6 is 0 Å². The zero-order chi connectivity index (χ0) is 20.8. The van der Waals surface area contributed by atoms with Crippen molar-refractivity contribution >= 4 is 11.9 Å². The number of hydrogen-bond acceptors (Lipinski definition) is 8. The second kappa shape index (κ2) is 7.36. The first-order valence-corrected chi connectivity index (χ1v) is 9.69. The Bertz CT molecular complexity index is 773. The van der Waals surface area contributed by atoms with Crippen molar-refractivity contribution < 1.29 is 38.0 Å². The van der Waals surface area contributed by atoms with Crippen molar-refractivity contribution in [1.29, 1.82) is 0 Å². The van der Waals surface area contributed by atoms with Crippen LogP contribution in [0.5, 0.6) is 0 Å². The van der Waals surface area contributed by atoms with Gasteiger partial charge >= 0.3 is 11.9 Å². The molecule has 29 heavy (non-hydrogen) atoms. The number of benzene rings is 1. The normalized spacial score (nSPS) is 36.7. The number of carbonyl (C=O) groups is 2. The van der Waals surface area contributed by atoms with Crippen LogP contribution in [0.1, 0.15) is 39.0 Å². The van der Waals surface area contributed by atoms with E-state index in [2.05, 4.69) is 0 Å². The van der Waals surface area contributed by atoms with E-state index in [1.807, 2.05) is 30.3 Å². The summed E-state index contributed by atoms with van der Waals surface area (Å²) in [4.78, 5) is 24.8. The van der Waals surface area contributed by atoms with Gasteiger partial charge in [-0.25, -0.2) is 0 Å². The van der Waals surface area contributed by atoms with E-state index in [9.17, 15) is 9.59 Å². The summed E-state index contributed by atoms with van der Waals surface area (Å²) >= 11 is 0. The number of fused-ring (bicyclic) bond motifs is 2. The molecule has 3 heterocycles. The van der Waals surface area contributed by atoms with E-state index >= 15 is 0 Å². The van der Waals surface area contributed by atoms with E-state index in [0.29, 0.717) is 0 Å². The van der Waals surface area contributed by atoms with Gasteiger partial charge in [0, 0.05) is 12.7 Å². The van der Waals surface area contributed by atoms with Crippen LogP contribution in [-0.4, -0.2) is 55.9 Å². The van der Waals surface area contributed by atoms with Gasteiger partial charge in [-0.2, -0.15) is 0 Å². The lowest BCUT2D eigenvalue weighted by Crippen LogP contribution is -2.67. The highest BCUT2D eigenvalue weighted by Gasteiger charge is 2.65. The van der Waals surface area contributed by atoms with Gasteiger partial charge in [0.25, 0.3) is 0 Å². The molecule has 0 saturated carbocycles. The first kappa shape index (κ1) is 20.3. The molecule has 0 aliphatic carbocycles. The van der Waals surface area contributed by atoms with Gasteiger partial charge in [-0.1, -0.05) is 30.3 Å². The fourth-order valence-electron chi connectivity index (χ4n) is 3.82. The van der Waals surface area contributed by atoms with Crippen LogP contribution in [0.3, 0.4) is 0 Å². The Morgan fingerprint density at radius 2 is 1.93 bits per heavy atom. The molecule has 0 N–H and O–H groups in total. The molecule has 3 saturated heterocycles. The van der Waals surface area contributed by atoms with Crippen LogP contribution in [0.2, 0.25) is 0 Å². The fraction of sp³-hybridized carbons (Fsp3) is 0.619. The summed E-state index contributed by atoms with van der Waals surface area (Å²) in [5.41, 5.74) is 0.0923. The Morgan fingerprint density at radius 1 is 1.21 bits per heavy atom. The van der Waals surface area contributed by atoms with Crippen molar-refractivity contribution in [3.05, 3.63) is 35.9 Å². The van der Waals surface area contributed by atoms with E-state index in [1.54, 1.807) is 20.8 Å². The highest BCUT2D eigenvalue weighted by Crippen LogP contribution is 2.45. The second-order valence-corrected chi connectivity index (χ2v) is 8.56. The average molecular weight is 406 g/mol. The highest BCUT2D eigenvalue weighted by atomic mass is 16.8. The van der Waals surface area contributed by atoms with Crippen LogP contribution in [0, 0.1) is 5.41 Å². The zero-order valence-corrected chi connectivity index (χ0v) is 17.0. The minimum Gasteiger partial charge on any atom is -0.455 e. The van der Waals surface area contributed by atoms with E-state index in [0.717, 1.165) is 5.56 Å². The average Bonchev–Trinajstić information content (AvgIpc) is 3.03. The van der Waals surface area contributed by atoms with E-state index in [1.165, 1.54) is 7.11 Å². The summed E-state index contributed by atoms with van der Waals surface area (Å²) in [6.07, 6.45) is -3.82. The predicted molar refractivity (Wildman–Crippen MR) is 98.5 cm³/mol. The van der Waals surface area contributed by atoms with Crippen LogP contribution in [0.15, 0.2) is 30.3 Å². The third kappa shape index (κ3) is 3.66. The largest absolute Gasteiger partial charge is 0.455 e. The van der Waals surface area contributed by atoms with Gasteiger partial charge in [0.15, 0.2) is 18.5 Å². The minimum absolute atomic E-state index is 0.0942. The van der Waals surface area contributed by atoms with Crippen molar-refractivity contribution in [2.24, 2.45) is 5.41 Å². The molecule has 8 nitrogen and oxygen atoms in total. The molecule has 6 atom stereocenters. The van der Waals surface area contributed by atoms with Gasteiger partial charge in [0.2, 0.25) is 5.79 Å². The zero-order valence-electron chi connectivity index (χ0n) is 17.0. The molecule has 4 rings (SSSR count). The monoisotopic (exact) mass is 406 g/mol. The second-order valence-electron chi connectivity index (χ2n) is 8.56. The third-order valence-electron chi connectivity index (χ3n) is 5.39. The summed E-state index contributed by atoms with van der Waals surface area (Å²) < 4.78 is 35.0. The molecule has 8 heteroatoms. The van der Waals surface area contributed by atoms with E-state index < -0.39 is 53.8 Å². The van der Waals surface area contributed by atoms with Crippen molar-refractivity contribution in [1.82, 2.24) is 0 Å². The van der Waals surface area contributed by atoms with Gasteiger partial charge in [0.05, 0.1) is 12.0 Å². The first-order valence-electron chi connectivity index (χ1n) is 9.69. The van der Waals surface area contributed by atoms with Gasteiger partial charge in [0.1, 0.15) is 18.6 Å². The molecule has 0 unspecified atom stereocenters. The summed E-state index contributed by atoms with van der Waals surface area (Å²) in [7, 11) is 1.44. The molecule has 1 aromatic carbocycles. The summed E-state index contributed by atoms with van der Waals surface area (Å²) in [6, 6.07) is 9.45. The smallest absolute Gasteiger partial charge is 0.312 e. The molecule has 0 aromatic heterocycles. The molecule has 1 aromatic rings. The number of carbonyl (C=O) groups excluding carboxylic acids is 2. The molecule has 3 aliphatic heterocycles. The highest BCUT2D eigenvalue weighted by molar-refractivity contribution is 5.76. The Balaban J connectivity index is 1.65. The Morgan fingerprint density at radius 3 is 2.59 bits per heavy atom. The maximum absolute atomic E-state index is 12.7. The topological polar surface area (TPSA) is 89.5 Å². The number of hydrogen-bond donors (Lipinski definition) is 0. The minimum atomic E-state index is -1.34. The maximum Gasteiger partial charge on any atom is 0.312 e. The van der Waals surface area contributed by atoms with Crippen molar-refractivity contribution in [3.63, 3.8) is 0 Å². The summed E-state index contributed by atoms with van der Waals surface area (Å²) in [5.74, 6) is -2.25. The number of esters is 2. The lowest BCUT2D eigenvalue weighted by molar-refractivity contribution is -0.385.